The number of ether oxygens (including phenoxy) is 1. The smallest absolute Gasteiger partial charge is 0.329 e. The minimum atomic E-state index is -4.36. The Bertz CT molecular complexity index is 1320. The molecular weight excluding hydrogens is 498 g/mol. The van der Waals surface area contributed by atoms with Crippen LogP contribution in [0.3, 0.4) is 0 Å². The van der Waals surface area contributed by atoms with Crippen molar-refractivity contribution in [2.75, 3.05) is 13.1 Å². The Morgan fingerprint density at radius 2 is 1.78 bits per heavy atom. The predicted octanol–water partition coefficient (Wildman–Crippen LogP) is 3.39. The highest BCUT2D eigenvalue weighted by Crippen LogP contribution is 2.30. The molecule has 0 bridgehead atoms. The number of nitro benzene ring substituents is 1. The van der Waals surface area contributed by atoms with Gasteiger partial charge in [-0.1, -0.05) is 30.3 Å². The van der Waals surface area contributed by atoms with Gasteiger partial charge >= 0.3 is 5.97 Å². The van der Waals surface area contributed by atoms with Gasteiger partial charge in [-0.25, -0.2) is 13.2 Å². The highest BCUT2D eigenvalue weighted by atomic mass is 32.2. The number of nitrogens with zero attached hydrogens (tertiary/aromatic N) is 3. The van der Waals surface area contributed by atoms with Crippen LogP contribution in [-0.4, -0.2) is 65.2 Å². The first-order valence-electron chi connectivity index (χ1n) is 12.0. The number of benzene rings is 2. The molecule has 37 heavy (non-hydrogen) atoms. The van der Waals surface area contributed by atoms with Gasteiger partial charge in [0.05, 0.1) is 4.92 Å². The minimum Gasteiger partial charge on any atom is -0.458 e. The average molecular weight is 532 g/mol. The molecule has 0 saturated carbocycles. The number of sulfonamides is 1. The molecule has 1 saturated heterocycles. The van der Waals surface area contributed by atoms with Gasteiger partial charge in [0.25, 0.3) is 15.7 Å². The van der Waals surface area contributed by atoms with Crippen LogP contribution in [0.2, 0.25) is 0 Å². The lowest BCUT2D eigenvalue weighted by molar-refractivity contribution is -0.387. The van der Waals surface area contributed by atoms with Gasteiger partial charge in [0.2, 0.25) is 5.91 Å². The molecule has 0 unspecified atom stereocenters. The van der Waals surface area contributed by atoms with Crippen LogP contribution < -0.4 is 0 Å². The molecule has 0 N–H and O–H groups in total. The van der Waals surface area contributed by atoms with Gasteiger partial charge in [-0.15, -0.1) is 0 Å². The van der Waals surface area contributed by atoms with Crippen LogP contribution in [0.5, 0.6) is 0 Å². The summed E-state index contributed by atoms with van der Waals surface area (Å²) in [4.78, 5) is 38.4. The van der Waals surface area contributed by atoms with E-state index in [4.69, 9.17) is 4.74 Å². The van der Waals surface area contributed by atoms with Gasteiger partial charge in [0.1, 0.15) is 17.7 Å². The SMILES string of the molecule is Cc1ccc(C[C@@H](C(=O)OC(C)(C)C)N2CCN(S(=O)(=O)c3ccccc3[N+](=O)[O-])[C@@H](C)C2=O)cc1C. The number of amides is 1. The molecule has 1 aliphatic heterocycles. The van der Waals surface area contributed by atoms with Gasteiger partial charge in [0.15, 0.2) is 4.90 Å². The summed E-state index contributed by atoms with van der Waals surface area (Å²) < 4.78 is 33.4. The summed E-state index contributed by atoms with van der Waals surface area (Å²) in [5, 5.41) is 11.4. The monoisotopic (exact) mass is 531 g/mol. The number of carbonyl (C=O) groups excluding carboxylic acids is 2. The maximum Gasteiger partial charge on any atom is 0.329 e. The predicted molar refractivity (Wildman–Crippen MR) is 137 cm³/mol. The zero-order valence-corrected chi connectivity index (χ0v) is 22.7. The van der Waals surface area contributed by atoms with E-state index in [0.717, 1.165) is 33.1 Å². The Balaban J connectivity index is 1.94. The number of aryl methyl sites for hydroxylation is 2. The van der Waals surface area contributed by atoms with Gasteiger partial charge < -0.3 is 9.64 Å². The Kier molecular flexibility index (Phi) is 8.09. The number of para-hydroxylation sites is 1. The first kappa shape index (κ1) is 28.3. The van der Waals surface area contributed by atoms with Crippen LogP contribution in [0.15, 0.2) is 47.4 Å². The summed E-state index contributed by atoms with van der Waals surface area (Å²) in [6.07, 6.45) is 0.200. The molecule has 10 nitrogen and oxygen atoms in total. The fourth-order valence-electron chi connectivity index (χ4n) is 4.31. The standard InChI is InChI=1S/C26H33N3O7S/c1-17-11-12-20(15-18(17)2)16-22(25(31)36-26(4,5)6)27-13-14-28(19(3)24(27)30)37(34,35)23-10-8-7-9-21(23)29(32)33/h7-12,15,19,22H,13-14,16H2,1-6H3/t19-,22-/m0/s1. The van der Waals surface area contributed by atoms with Gasteiger partial charge in [-0.2, -0.15) is 4.31 Å². The molecule has 1 aliphatic rings. The van der Waals surface area contributed by atoms with Crippen molar-refractivity contribution in [1.29, 1.82) is 0 Å². The second kappa shape index (κ2) is 10.6. The number of rotatable bonds is 7. The fraction of sp³-hybridized carbons (Fsp3) is 0.462. The highest BCUT2D eigenvalue weighted by Gasteiger charge is 2.45. The Hall–Kier alpha value is -3.31. The van der Waals surface area contributed by atoms with E-state index in [0.29, 0.717) is 0 Å². The quantitative estimate of drug-likeness (QED) is 0.304. The number of esters is 1. The molecular formula is C26H33N3O7S. The minimum absolute atomic E-state index is 0.0716. The molecule has 2 atom stereocenters. The lowest BCUT2D eigenvalue weighted by Crippen LogP contribution is -2.62. The van der Waals surface area contributed by atoms with Crippen LogP contribution in [0, 0.1) is 24.0 Å². The lowest BCUT2D eigenvalue weighted by Gasteiger charge is -2.41. The Morgan fingerprint density at radius 3 is 2.38 bits per heavy atom. The van der Waals surface area contributed by atoms with E-state index >= 15 is 0 Å². The van der Waals surface area contributed by atoms with E-state index in [1.165, 1.54) is 24.0 Å². The second-order valence-corrected chi connectivity index (χ2v) is 12.1. The molecule has 0 spiro atoms. The van der Waals surface area contributed by atoms with Crippen molar-refractivity contribution in [3.8, 4) is 0 Å². The number of hydrogen-bond donors (Lipinski definition) is 0. The third-order valence-corrected chi connectivity index (χ3v) is 8.36. The fourth-order valence-corrected chi connectivity index (χ4v) is 6.05. The van der Waals surface area contributed by atoms with Crippen molar-refractivity contribution >= 4 is 27.6 Å². The van der Waals surface area contributed by atoms with E-state index in [1.807, 2.05) is 32.0 Å². The number of hydrogen-bond acceptors (Lipinski definition) is 7. The number of carbonyl (C=O) groups is 2. The summed E-state index contributed by atoms with van der Waals surface area (Å²) in [6.45, 7) is 10.4. The normalized spacial score (nSPS) is 17.9. The first-order valence-corrected chi connectivity index (χ1v) is 13.4. The molecule has 0 aromatic heterocycles. The summed E-state index contributed by atoms with van der Waals surface area (Å²) in [7, 11) is -4.36. The topological polar surface area (TPSA) is 127 Å². The molecule has 1 heterocycles. The van der Waals surface area contributed by atoms with E-state index in [9.17, 15) is 28.1 Å². The van der Waals surface area contributed by atoms with Gasteiger partial charge in [-0.3, -0.25) is 14.9 Å². The molecule has 3 rings (SSSR count). The molecule has 1 fully saturated rings. The molecule has 0 radical (unpaired) electrons. The van der Waals surface area contributed by atoms with Crippen LogP contribution in [0.4, 0.5) is 5.69 Å². The summed E-state index contributed by atoms with van der Waals surface area (Å²) >= 11 is 0. The van der Waals surface area contributed by atoms with Gasteiger partial charge in [0, 0.05) is 25.6 Å². The maximum atomic E-state index is 13.5. The van der Waals surface area contributed by atoms with E-state index in [2.05, 4.69) is 0 Å². The molecule has 2 aromatic rings. The number of nitro groups is 1. The maximum absolute atomic E-state index is 13.5. The second-order valence-electron chi connectivity index (χ2n) is 10.2. The van der Waals surface area contributed by atoms with Crippen molar-refractivity contribution in [1.82, 2.24) is 9.21 Å². The molecule has 1 amide bonds. The average Bonchev–Trinajstić information content (AvgIpc) is 2.80. The molecule has 2 aromatic carbocycles. The third-order valence-electron chi connectivity index (χ3n) is 6.34. The molecule has 200 valence electrons. The van der Waals surface area contributed by atoms with Crippen molar-refractivity contribution in [2.45, 2.75) is 70.5 Å². The zero-order valence-electron chi connectivity index (χ0n) is 21.9. The highest BCUT2D eigenvalue weighted by molar-refractivity contribution is 7.89. The zero-order chi connectivity index (χ0) is 27.7. The van der Waals surface area contributed by atoms with Crippen molar-refractivity contribution in [2.24, 2.45) is 0 Å². The van der Waals surface area contributed by atoms with Crippen molar-refractivity contribution < 1.29 is 27.7 Å². The van der Waals surface area contributed by atoms with Crippen LogP contribution in [-0.2, 0) is 30.8 Å². The van der Waals surface area contributed by atoms with E-state index in [1.54, 1.807) is 20.8 Å². The summed E-state index contributed by atoms with van der Waals surface area (Å²) in [5.74, 6) is -1.16. The molecule has 0 aliphatic carbocycles. The summed E-state index contributed by atoms with van der Waals surface area (Å²) in [6, 6.07) is 8.68. The third kappa shape index (κ3) is 6.16. The lowest BCUT2D eigenvalue weighted by atomic mass is 9.99. The largest absolute Gasteiger partial charge is 0.458 e. The van der Waals surface area contributed by atoms with E-state index in [-0.39, 0.29) is 19.5 Å². The first-order chi connectivity index (χ1) is 17.1. The van der Waals surface area contributed by atoms with Crippen LogP contribution in [0.25, 0.3) is 0 Å². The number of piperazine rings is 1. The van der Waals surface area contributed by atoms with Crippen LogP contribution in [0.1, 0.15) is 44.4 Å². The van der Waals surface area contributed by atoms with Crippen molar-refractivity contribution in [3.63, 3.8) is 0 Å². The van der Waals surface area contributed by atoms with E-state index < -0.39 is 55.1 Å². The van der Waals surface area contributed by atoms with Crippen molar-refractivity contribution in [3.05, 3.63) is 69.3 Å². The van der Waals surface area contributed by atoms with Gasteiger partial charge in [-0.05, 0) is 64.3 Å². The van der Waals surface area contributed by atoms with Crippen LogP contribution >= 0.6 is 0 Å². The Labute approximate surface area is 217 Å². The summed E-state index contributed by atoms with van der Waals surface area (Å²) in [5.41, 5.74) is 1.63. The molecule has 11 heteroatoms. The Morgan fingerprint density at radius 1 is 1.14 bits per heavy atom.